The molecular weight excluding hydrogens is 246 g/mol. The molecule has 0 aliphatic heterocycles. The van der Waals surface area contributed by atoms with Crippen molar-refractivity contribution in [1.82, 2.24) is 4.98 Å². The van der Waals surface area contributed by atoms with E-state index < -0.39 is 0 Å². The molecule has 1 heterocycles. The normalized spacial score (nSPS) is 10.7. The summed E-state index contributed by atoms with van der Waals surface area (Å²) in [7, 11) is 0. The molecule has 3 rings (SSSR count). The number of phenols is 1. The second-order valence-electron chi connectivity index (χ2n) is 4.11. The molecule has 18 heavy (non-hydrogen) atoms. The van der Waals surface area contributed by atoms with E-state index in [0.717, 1.165) is 22.0 Å². The molecule has 0 fully saturated rings. The monoisotopic (exact) mass is 255 g/mol. The van der Waals surface area contributed by atoms with E-state index in [1.54, 1.807) is 18.2 Å². The highest BCUT2D eigenvalue weighted by Crippen LogP contribution is 2.25. The summed E-state index contributed by atoms with van der Waals surface area (Å²) in [5, 5.41) is 11.1. The molecule has 0 atom stereocenters. The number of halogens is 1. The summed E-state index contributed by atoms with van der Waals surface area (Å²) in [6.07, 6.45) is 1.82. The van der Waals surface area contributed by atoms with E-state index in [-0.39, 0.29) is 5.75 Å². The number of phenolic OH excluding ortho intramolecular Hbond substituents is 1. The Morgan fingerprint density at radius 3 is 2.44 bits per heavy atom. The Morgan fingerprint density at radius 1 is 0.889 bits per heavy atom. The van der Waals surface area contributed by atoms with Gasteiger partial charge in [0.15, 0.2) is 0 Å². The number of rotatable bonds is 1. The third-order valence-corrected chi connectivity index (χ3v) is 3.09. The summed E-state index contributed by atoms with van der Waals surface area (Å²) >= 11 is 5.87. The van der Waals surface area contributed by atoms with Gasteiger partial charge in [-0.25, -0.2) is 0 Å². The minimum atomic E-state index is 0.248. The van der Waals surface area contributed by atoms with Gasteiger partial charge in [-0.15, -0.1) is 0 Å². The molecule has 0 spiro atoms. The number of aromatic hydroxyl groups is 1. The smallest absolute Gasteiger partial charge is 0.116 e. The minimum absolute atomic E-state index is 0.248. The maximum Gasteiger partial charge on any atom is 0.116 e. The van der Waals surface area contributed by atoms with Crippen molar-refractivity contribution in [2.24, 2.45) is 0 Å². The molecule has 0 aliphatic carbocycles. The van der Waals surface area contributed by atoms with Crippen LogP contribution in [-0.4, -0.2) is 10.1 Å². The Balaban J connectivity index is 2.15. The van der Waals surface area contributed by atoms with Crippen molar-refractivity contribution < 1.29 is 5.11 Å². The summed E-state index contributed by atoms with van der Waals surface area (Å²) in [6, 6.07) is 14.8. The fourth-order valence-corrected chi connectivity index (χ4v) is 2.05. The van der Waals surface area contributed by atoms with E-state index in [1.165, 1.54) is 0 Å². The third-order valence-electron chi connectivity index (χ3n) is 2.84. The van der Waals surface area contributed by atoms with Crippen LogP contribution in [0.3, 0.4) is 0 Å². The molecule has 88 valence electrons. The number of hydrogen-bond acceptors (Lipinski definition) is 2. The molecule has 0 saturated heterocycles. The fraction of sp³-hybridized carbons (Fsp3) is 0. The Labute approximate surface area is 109 Å². The maximum absolute atomic E-state index is 9.48. The van der Waals surface area contributed by atoms with Crippen molar-refractivity contribution in [1.29, 1.82) is 0 Å². The van der Waals surface area contributed by atoms with Gasteiger partial charge in [0.2, 0.25) is 0 Å². The second-order valence-corrected chi connectivity index (χ2v) is 4.54. The van der Waals surface area contributed by atoms with Gasteiger partial charge in [0.25, 0.3) is 0 Å². The lowest BCUT2D eigenvalue weighted by molar-refractivity contribution is 0.476. The number of nitrogens with zero attached hydrogens (tertiary/aromatic N) is 1. The number of pyridine rings is 1. The molecule has 0 saturated carbocycles. The second kappa shape index (κ2) is 4.31. The number of benzene rings is 2. The molecular formula is C15H10ClNO. The Bertz CT molecular complexity index is 707. The lowest BCUT2D eigenvalue weighted by Crippen LogP contribution is -1.82. The highest BCUT2D eigenvalue weighted by Gasteiger charge is 2.01. The van der Waals surface area contributed by atoms with Gasteiger partial charge in [0.05, 0.1) is 5.52 Å². The Hall–Kier alpha value is -2.06. The lowest BCUT2D eigenvalue weighted by atomic mass is 10.1. The molecule has 0 bridgehead atoms. The van der Waals surface area contributed by atoms with E-state index in [2.05, 4.69) is 4.98 Å². The van der Waals surface area contributed by atoms with Crippen LogP contribution in [0.1, 0.15) is 0 Å². The molecule has 0 radical (unpaired) electrons. The third kappa shape index (κ3) is 2.03. The van der Waals surface area contributed by atoms with Gasteiger partial charge in [0.1, 0.15) is 5.75 Å². The van der Waals surface area contributed by atoms with Crippen LogP contribution >= 0.6 is 11.6 Å². The standard InChI is InChI=1S/C15H10ClNO/c16-13-3-1-10(2-4-13)12-7-11-8-14(18)5-6-15(11)17-9-12/h1-9,18H. The first-order valence-corrected chi connectivity index (χ1v) is 5.95. The van der Waals surface area contributed by atoms with Crippen LogP contribution in [0.25, 0.3) is 22.0 Å². The van der Waals surface area contributed by atoms with Crippen molar-refractivity contribution in [2.75, 3.05) is 0 Å². The highest BCUT2D eigenvalue weighted by molar-refractivity contribution is 6.30. The molecule has 0 amide bonds. The highest BCUT2D eigenvalue weighted by atomic mass is 35.5. The van der Waals surface area contributed by atoms with Gasteiger partial charge in [0, 0.05) is 22.2 Å². The largest absolute Gasteiger partial charge is 0.508 e. The van der Waals surface area contributed by atoms with E-state index in [1.807, 2.05) is 36.5 Å². The molecule has 2 nitrogen and oxygen atoms in total. The van der Waals surface area contributed by atoms with E-state index in [4.69, 9.17) is 11.6 Å². The van der Waals surface area contributed by atoms with E-state index in [9.17, 15) is 5.11 Å². The van der Waals surface area contributed by atoms with Crippen molar-refractivity contribution >= 4 is 22.5 Å². The summed E-state index contributed by atoms with van der Waals surface area (Å²) < 4.78 is 0. The molecule has 3 aromatic rings. The van der Waals surface area contributed by atoms with E-state index >= 15 is 0 Å². The summed E-state index contributed by atoms with van der Waals surface area (Å²) in [6.45, 7) is 0. The summed E-state index contributed by atoms with van der Waals surface area (Å²) in [4.78, 5) is 4.38. The fourth-order valence-electron chi connectivity index (χ4n) is 1.92. The van der Waals surface area contributed by atoms with Crippen molar-refractivity contribution in [3.05, 3.63) is 59.8 Å². The zero-order chi connectivity index (χ0) is 12.5. The number of fused-ring (bicyclic) bond motifs is 1. The topological polar surface area (TPSA) is 33.1 Å². The maximum atomic E-state index is 9.48. The quantitative estimate of drug-likeness (QED) is 0.705. The molecule has 0 unspecified atom stereocenters. The van der Waals surface area contributed by atoms with Crippen LogP contribution in [0.5, 0.6) is 5.75 Å². The Kier molecular flexibility index (Phi) is 2.65. The van der Waals surface area contributed by atoms with Crippen LogP contribution in [0.15, 0.2) is 54.7 Å². The van der Waals surface area contributed by atoms with E-state index in [0.29, 0.717) is 5.02 Å². The molecule has 1 N–H and O–H groups in total. The first kappa shape index (κ1) is 11.1. The first-order chi connectivity index (χ1) is 8.72. The molecule has 3 heteroatoms. The Morgan fingerprint density at radius 2 is 1.67 bits per heavy atom. The zero-order valence-electron chi connectivity index (χ0n) is 9.47. The number of aromatic nitrogens is 1. The average molecular weight is 256 g/mol. The molecule has 2 aromatic carbocycles. The first-order valence-electron chi connectivity index (χ1n) is 5.57. The summed E-state index contributed by atoms with van der Waals surface area (Å²) in [5.74, 6) is 0.248. The summed E-state index contributed by atoms with van der Waals surface area (Å²) in [5.41, 5.74) is 2.92. The van der Waals surface area contributed by atoms with Crippen LogP contribution in [0.2, 0.25) is 5.02 Å². The average Bonchev–Trinajstić information content (AvgIpc) is 2.38. The van der Waals surface area contributed by atoms with Crippen LogP contribution in [-0.2, 0) is 0 Å². The van der Waals surface area contributed by atoms with Gasteiger partial charge in [-0.3, -0.25) is 4.98 Å². The zero-order valence-corrected chi connectivity index (χ0v) is 10.2. The van der Waals surface area contributed by atoms with Gasteiger partial charge in [-0.1, -0.05) is 23.7 Å². The van der Waals surface area contributed by atoms with Gasteiger partial charge in [-0.05, 0) is 42.0 Å². The van der Waals surface area contributed by atoms with Gasteiger partial charge >= 0.3 is 0 Å². The number of hydrogen-bond donors (Lipinski definition) is 1. The van der Waals surface area contributed by atoms with Crippen LogP contribution in [0, 0.1) is 0 Å². The predicted molar refractivity (Wildman–Crippen MR) is 73.9 cm³/mol. The van der Waals surface area contributed by atoms with Gasteiger partial charge < -0.3 is 5.11 Å². The van der Waals surface area contributed by atoms with Crippen molar-refractivity contribution in [3.8, 4) is 16.9 Å². The SMILES string of the molecule is Oc1ccc2ncc(-c3ccc(Cl)cc3)cc2c1. The predicted octanol–water partition coefficient (Wildman–Crippen LogP) is 4.26. The van der Waals surface area contributed by atoms with Crippen LogP contribution in [0.4, 0.5) is 0 Å². The lowest BCUT2D eigenvalue weighted by Gasteiger charge is -2.04. The van der Waals surface area contributed by atoms with Crippen molar-refractivity contribution in [2.45, 2.75) is 0 Å². The molecule has 1 aromatic heterocycles. The van der Waals surface area contributed by atoms with Crippen molar-refractivity contribution in [3.63, 3.8) is 0 Å². The molecule has 0 aliphatic rings. The van der Waals surface area contributed by atoms with Gasteiger partial charge in [-0.2, -0.15) is 0 Å². The van der Waals surface area contributed by atoms with Crippen LogP contribution < -0.4 is 0 Å². The minimum Gasteiger partial charge on any atom is -0.508 e.